The predicted octanol–water partition coefficient (Wildman–Crippen LogP) is 1.75. The fourth-order valence-electron chi connectivity index (χ4n) is 1.36. The highest BCUT2D eigenvalue weighted by Gasteiger charge is 2.09. The van der Waals surface area contributed by atoms with Gasteiger partial charge in [-0.3, -0.25) is 10.3 Å². The number of benzene rings is 1. The van der Waals surface area contributed by atoms with E-state index in [1.54, 1.807) is 0 Å². The second-order valence-electron chi connectivity index (χ2n) is 2.89. The first-order valence-electron chi connectivity index (χ1n) is 4.27. The quantitative estimate of drug-likeness (QED) is 0.665. The van der Waals surface area contributed by atoms with Crippen LogP contribution < -0.4 is 5.32 Å². The fraction of sp³-hybridized carbons (Fsp3) is 0.300. The lowest BCUT2D eigenvalue weighted by atomic mass is 10.1. The number of hydrogen-bond donors (Lipinski definition) is 1. The van der Waals surface area contributed by atoms with Crippen molar-refractivity contribution >= 4 is 6.21 Å². The zero-order valence-electron chi connectivity index (χ0n) is 6.90. The summed E-state index contributed by atoms with van der Waals surface area (Å²) < 4.78 is 0. The van der Waals surface area contributed by atoms with Gasteiger partial charge in [-0.05, 0) is 12.0 Å². The lowest BCUT2D eigenvalue weighted by Gasteiger charge is -2.17. The maximum Gasteiger partial charge on any atom is 0.125 e. The molecule has 0 saturated heterocycles. The van der Waals surface area contributed by atoms with Crippen molar-refractivity contribution in [2.24, 2.45) is 4.99 Å². The number of aliphatic imine (C=N–C) groups is 1. The van der Waals surface area contributed by atoms with Crippen molar-refractivity contribution < 1.29 is 0 Å². The van der Waals surface area contributed by atoms with Crippen LogP contribution in [0.4, 0.5) is 0 Å². The van der Waals surface area contributed by atoms with E-state index < -0.39 is 0 Å². The van der Waals surface area contributed by atoms with Gasteiger partial charge in [0.15, 0.2) is 0 Å². The molecule has 1 aliphatic heterocycles. The first kappa shape index (κ1) is 7.50. The third kappa shape index (κ3) is 1.53. The van der Waals surface area contributed by atoms with Crippen molar-refractivity contribution in [3.63, 3.8) is 0 Å². The van der Waals surface area contributed by atoms with Crippen LogP contribution in [0.1, 0.15) is 18.2 Å². The number of nitrogens with zero attached hydrogens (tertiary/aromatic N) is 1. The molecule has 1 aromatic carbocycles. The molecule has 2 nitrogen and oxygen atoms in total. The average molecular weight is 160 g/mol. The molecule has 0 aliphatic carbocycles. The summed E-state index contributed by atoms with van der Waals surface area (Å²) in [6, 6.07) is 10.3. The Kier molecular flexibility index (Phi) is 2.19. The molecule has 1 N–H and O–H groups in total. The van der Waals surface area contributed by atoms with E-state index in [9.17, 15) is 0 Å². The van der Waals surface area contributed by atoms with Gasteiger partial charge in [0, 0.05) is 12.8 Å². The molecule has 2 rings (SSSR count). The zero-order valence-corrected chi connectivity index (χ0v) is 6.90. The van der Waals surface area contributed by atoms with E-state index in [-0.39, 0.29) is 6.17 Å². The molecule has 0 bridgehead atoms. The predicted molar refractivity (Wildman–Crippen MR) is 50.3 cm³/mol. The molecule has 0 saturated carbocycles. The van der Waals surface area contributed by atoms with Crippen LogP contribution in [-0.4, -0.2) is 12.8 Å². The minimum Gasteiger partial charge on any atom is -0.292 e. The highest BCUT2D eigenvalue weighted by atomic mass is 15.1. The molecule has 1 unspecified atom stereocenters. The maximum atomic E-state index is 4.36. The second kappa shape index (κ2) is 3.50. The summed E-state index contributed by atoms with van der Waals surface area (Å²) in [7, 11) is 0. The summed E-state index contributed by atoms with van der Waals surface area (Å²) in [5, 5.41) is 3.34. The van der Waals surface area contributed by atoms with Gasteiger partial charge in [-0.1, -0.05) is 30.3 Å². The Bertz CT molecular complexity index is 266. The van der Waals surface area contributed by atoms with Crippen LogP contribution in [0, 0.1) is 0 Å². The smallest absolute Gasteiger partial charge is 0.125 e. The van der Waals surface area contributed by atoms with Gasteiger partial charge < -0.3 is 0 Å². The van der Waals surface area contributed by atoms with E-state index in [1.165, 1.54) is 5.56 Å². The van der Waals surface area contributed by atoms with Gasteiger partial charge in [-0.15, -0.1) is 0 Å². The molecule has 62 valence electrons. The van der Waals surface area contributed by atoms with E-state index in [2.05, 4.69) is 22.4 Å². The number of nitrogens with one attached hydrogen (secondary N) is 1. The molecule has 0 fully saturated rings. The summed E-state index contributed by atoms with van der Waals surface area (Å²) in [6.07, 6.45) is 3.22. The average Bonchev–Trinajstić information content (AvgIpc) is 2.21. The van der Waals surface area contributed by atoms with Crippen molar-refractivity contribution in [2.45, 2.75) is 12.6 Å². The van der Waals surface area contributed by atoms with Gasteiger partial charge in [0.1, 0.15) is 6.17 Å². The molecule has 1 heterocycles. The summed E-state index contributed by atoms with van der Waals surface area (Å²) in [6.45, 7) is 1.03. The molecule has 0 spiro atoms. The molecule has 0 aromatic heterocycles. The van der Waals surface area contributed by atoms with E-state index in [0.717, 1.165) is 13.0 Å². The molecule has 1 aliphatic rings. The van der Waals surface area contributed by atoms with Gasteiger partial charge in [0.05, 0.1) is 0 Å². The summed E-state index contributed by atoms with van der Waals surface area (Å²) in [5.41, 5.74) is 1.24. The third-order valence-corrected chi connectivity index (χ3v) is 1.98. The zero-order chi connectivity index (χ0) is 8.23. The van der Waals surface area contributed by atoms with Gasteiger partial charge in [0.2, 0.25) is 0 Å². The molecule has 0 amide bonds. The van der Waals surface area contributed by atoms with Crippen molar-refractivity contribution in [1.29, 1.82) is 0 Å². The number of rotatable bonds is 1. The van der Waals surface area contributed by atoms with Crippen LogP contribution in [0.5, 0.6) is 0 Å². The SMILES string of the molecule is C1=NC(c2ccccc2)NCC1. The summed E-state index contributed by atoms with van der Waals surface area (Å²) in [5.74, 6) is 0. The van der Waals surface area contributed by atoms with Crippen molar-refractivity contribution in [2.75, 3.05) is 6.54 Å². The summed E-state index contributed by atoms with van der Waals surface area (Å²) in [4.78, 5) is 4.36. The van der Waals surface area contributed by atoms with E-state index >= 15 is 0 Å². The monoisotopic (exact) mass is 160 g/mol. The summed E-state index contributed by atoms with van der Waals surface area (Å²) >= 11 is 0. The Morgan fingerprint density at radius 1 is 1.25 bits per heavy atom. The molecule has 12 heavy (non-hydrogen) atoms. The molecular weight excluding hydrogens is 148 g/mol. The van der Waals surface area contributed by atoms with E-state index in [4.69, 9.17) is 0 Å². The Balaban J connectivity index is 2.19. The lowest BCUT2D eigenvalue weighted by Crippen LogP contribution is -2.24. The van der Waals surface area contributed by atoms with Crippen LogP contribution in [0.2, 0.25) is 0 Å². The number of hydrogen-bond acceptors (Lipinski definition) is 2. The maximum absolute atomic E-state index is 4.36. The van der Waals surface area contributed by atoms with Gasteiger partial charge >= 0.3 is 0 Å². The lowest BCUT2D eigenvalue weighted by molar-refractivity contribution is 0.547. The Labute approximate surface area is 72.3 Å². The first-order chi connectivity index (χ1) is 5.97. The minimum atomic E-state index is 0.181. The highest BCUT2D eigenvalue weighted by Crippen LogP contribution is 2.14. The fourth-order valence-corrected chi connectivity index (χ4v) is 1.36. The molecule has 2 heteroatoms. The van der Waals surface area contributed by atoms with Gasteiger partial charge in [-0.25, -0.2) is 0 Å². The molecule has 0 radical (unpaired) electrons. The van der Waals surface area contributed by atoms with Crippen LogP contribution in [0.3, 0.4) is 0 Å². The third-order valence-electron chi connectivity index (χ3n) is 1.98. The molecule has 1 aromatic rings. The molecular formula is C10H12N2. The van der Waals surface area contributed by atoms with Crippen molar-refractivity contribution in [3.05, 3.63) is 35.9 Å². The minimum absolute atomic E-state index is 0.181. The second-order valence-corrected chi connectivity index (χ2v) is 2.89. The largest absolute Gasteiger partial charge is 0.292 e. The van der Waals surface area contributed by atoms with Gasteiger partial charge in [0.25, 0.3) is 0 Å². The topological polar surface area (TPSA) is 24.4 Å². The Morgan fingerprint density at radius 2 is 2.08 bits per heavy atom. The first-order valence-corrected chi connectivity index (χ1v) is 4.27. The van der Waals surface area contributed by atoms with Crippen molar-refractivity contribution in [1.82, 2.24) is 5.32 Å². The van der Waals surface area contributed by atoms with Gasteiger partial charge in [-0.2, -0.15) is 0 Å². The Morgan fingerprint density at radius 3 is 2.75 bits per heavy atom. The van der Waals surface area contributed by atoms with Crippen LogP contribution in [0.15, 0.2) is 35.3 Å². The van der Waals surface area contributed by atoms with E-state index in [0.29, 0.717) is 0 Å². The Hall–Kier alpha value is -1.15. The standard InChI is InChI=1S/C10H12N2/c1-2-5-9(6-3-1)10-11-7-4-8-12-10/h1-3,5-7,10,12H,4,8H2. The van der Waals surface area contributed by atoms with Crippen LogP contribution in [-0.2, 0) is 0 Å². The molecule has 1 atom stereocenters. The van der Waals surface area contributed by atoms with Crippen LogP contribution in [0.25, 0.3) is 0 Å². The van der Waals surface area contributed by atoms with E-state index in [1.807, 2.05) is 24.4 Å². The highest BCUT2D eigenvalue weighted by molar-refractivity contribution is 5.58. The van der Waals surface area contributed by atoms with Crippen molar-refractivity contribution in [3.8, 4) is 0 Å². The van der Waals surface area contributed by atoms with Crippen LogP contribution >= 0.6 is 0 Å². The normalized spacial score (nSPS) is 22.5.